The second kappa shape index (κ2) is 7.81. The Hall–Kier alpha value is -3.20. The number of aliphatic hydroxyl groups is 1. The molecular formula is C22H25FN4O4. The lowest BCUT2D eigenvalue weighted by Crippen LogP contribution is -2.28. The summed E-state index contributed by atoms with van der Waals surface area (Å²) in [7, 11) is 0. The number of benzene rings is 1. The first-order valence-corrected chi connectivity index (χ1v) is 10.1. The normalized spacial score (nSPS) is 14.1. The molecule has 9 heteroatoms. The fourth-order valence-electron chi connectivity index (χ4n) is 3.22. The first-order chi connectivity index (χ1) is 14.6. The fraction of sp³-hybridized carbons (Fsp3) is 0.409. The average molecular weight is 428 g/mol. The predicted octanol–water partition coefficient (Wildman–Crippen LogP) is 3.72. The maximum absolute atomic E-state index is 15.0. The predicted molar refractivity (Wildman–Crippen MR) is 113 cm³/mol. The number of carbonyl (C=O) groups excluding carboxylic acids is 1. The van der Waals surface area contributed by atoms with E-state index in [1.807, 2.05) is 0 Å². The standard InChI is InChI=1S/C22H25FN4O4/c1-12(28)7-8-27-20-15(19(26-27)25-21(29)22(2,3)4)9-13(10-24-20)14-5-6-16-18(17(14)23)31-11-30-16/h5-6,9-10,12,28H,7-8,11H2,1-4H3,(H,25,26,29). The number of hydrogen-bond donors (Lipinski definition) is 2. The molecule has 1 aromatic carbocycles. The van der Waals surface area contributed by atoms with Gasteiger partial charge in [0.1, 0.15) is 0 Å². The molecule has 8 nitrogen and oxygen atoms in total. The molecule has 1 aliphatic heterocycles. The Morgan fingerprint density at radius 1 is 1.35 bits per heavy atom. The zero-order valence-electron chi connectivity index (χ0n) is 17.9. The van der Waals surface area contributed by atoms with Gasteiger partial charge in [0.25, 0.3) is 0 Å². The van der Waals surface area contributed by atoms with Crippen LogP contribution in [-0.2, 0) is 11.3 Å². The summed E-state index contributed by atoms with van der Waals surface area (Å²) in [6, 6.07) is 5.00. The maximum Gasteiger partial charge on any atom is 0.231 e. The average Bonchev–Trinajstić information content (AvgIpc) is 3.31. The number of ether oxygens (including phenoxy) is 2. The quantitative estimate of drug-likeness (QED) is 0.643. The number of carbonyl (C=O) groups is 1. The van der Waals surface area contributed by atoms with E-state index in [1.54, 1.807) is 56.8 Å². The van der Waals surface area contributed by atoms with Crippen LogP contribution in [0.2, 0.25) is 0 Å². The molecule has 1 aliphatic rings. The number of nitrogens with zero attached hydrogens (tertiary/aromatic N) is 3. The minimum Gasteiger partial charge on any atom is -0.453 e. The highest BCUT2D eigenvalue weighted by molar-refractivity contribution is 6.01. The molecule has 164 valence electrons. The van der Waals surface area contributed by atoms with E-state index in [9.17, 15) is 14.3 Å². The molecule has 2 N–H and O–H groups in total. The van der Waals surface area contributed by atoms with E-state index in [0.717, 1.165) is 0 Å². The Balaban J connectivity index is 1.80. The lowest BCUT2D eigenvalue weighted by molar-refractivity contribution is -0.123. The number of nitrogens with one attached hydrogen (secondary N) is 1. The number of amides is 1. The zero-order chi connectivity index (χ0) is 22.3. The molecule has 1 unspecified atom stereocenters. The number of aromatic nitrogens is 3. The summed E-state index contributed by atoms with van der Waals surface area (Å²) in [5, 5.41) is 17.6. The van der Waals surface area contributed by atoms with Gasteiger partial charge in [-0.3, -0.25) is 4.79 Å². The smallest absolute Gasteiger partial charge is 0.231 e. The number of aryl methyl sites for hydroxylation is 1. The molecule has 0 spiro atoms. The summed E-state index contributed by atoms with van der Waals surface area (Å²) < 4.78 is 27.1. The Morgan fingerprint density at radius 3 is 2.84 bits per heavy atom. The molecule has 2 aromatic heterocycles. The van der Waals surface area contributed by atoms with Crippen molar-refractivity contribution in [2.24, 2.45) is 5.41 Å². The van der Waals surface area contributed by atoms with Gasteiger partial charge in [0.2, 0.25) is 18.4 Å². The Labute approximate surface area is 179 Å². The third-order valence-electron chi connectivity index (χ3n) is 5.05. The number of pyridine rings is 1. The topological polar surface area (TPSA) is 98.5 Å². The maximum atomic E-state index is 15.0. The van der Waals surface area contributed by atoms with Gasteiger partial charge in [-0.2, -0.15) is 5.10 Å². The number of halogens is 1. The summed E-state index contributed by atoms with van der Waals surface area (Å²) in [6.45, 7) is 7.51. The minimum atomic E-state index is -0.621. The molecule has 0 radical (unpaired) electrons. The van der Waals surface area contributed by atoms with Gasteiger partial charge >= 0.3 is 0 Å². The molecule has 31 heavy (non-hydrogen) atoms. The summed E-state index contributed by atoms with van der Waals surface area (Å²) in [5.74, 6) is 0.0500. The van der Waals surface area contributed by atoms with Gasteiger partial charge in [-0.25, -0.2) is 14.1 Å². The summed E-state index contributed by atoms with van der Waals surface area (Å²) in [5.41, 5.74) is 0.743. The Bertz CT molecular complexity index is 1150. The number of fused-ring (bicyclic) bond motifs is 2. The van der Waals surface area contributed by atoms with Gasteiger partial charge < -0.3 is 19.9 Å². The van der Waals surface area contributed by atoms with Crippen molar-refractivity contribution < 1.29 is 23.8 Å². The molecule has 3 heterocycles. The van der Waals surface area contributed by atoms with E-state index >= 15 is 0 Å². The first kappa shape index (κ1) is 21.0. The molecular weight excluding hydrogens is 403 g/mol. The van der Waals surface area contributed by atoms with Crippen LogP contribution in [-0.4, -0.2) is 38.7 Å². The van der Waals surface area contributed by atoms with E-state index in [2.05, 4.69) is 15.4 Å². The molecule has 4 rings (SSSR count). The SMILES string of the molecule is CC(O)CCn1nc(NC(=O)C(C)(C)C)c2cc(-c3ccc4c(c3F)OCO4)cnc21. The largest absolute Gasteiger partial charge is 0.453 e. The van der Waals surface area contributed by atoms with Crippen LogP contribution in [0.1, 0.15) is 34.1 Å². The summed E-state index contributed by atoms with van der Waals surface area (Å²) in [4.78, 5) is 17.1. The van der Waals surface area contributed by atoms with Crippen molar-refractivity contribution in [3.8, 4) is 22.6 Å². The molecule has 0 saturated carbocycles. The molecule has 0 saturated heterocycles. The highest BCUT2D eigenvalue weighted by atomic mass is 19.1. The molecule has 0 fully saturated rings. The first-order valence-electron chi connectivity index (χ1n) is 10.1. The van der Waals surface area contributed by atoms with E-state index in [-0.39, 0.29) is 18.4 Å². The molecule has 3 aromatic rings. The summed E-state index contributed by atoms with van der Waals surface area (Å²) in [6.07, 6.45) is 1.52. The highest BCUT2D eigenvalue weighted by Crippen LogP contribution is 2.40. The number of rotatable bonds is 5. The Morgan fingerprint density at radius 2 is 2.13 bits per heavy atom. The fourth-order valence-corrected chi connectivity index (χ4v) is 3.22. The second-order valence-corrected chi connectivity index (χ2v) is 8.67. The van der Waals surface area contributed by atoms with Crippen molar-refractivity contribution in [3.63, 3.8) is 0 Å². The lowest BCUT2D eigenvalue weighted by Gasteiger charge is -2.16. The molecule has 0 bridgehead atoms. The van der Waals surface area contributed by atoms with Gasteiger partial charge in [0, 0.05) is 29.3 Å². The van der Waals surface area contributed by atoms with Crippen LogP contribution >= 0.6 is 0 Å². The third kappa shape index (κ3) is 4.05. The number of anilines is 1. The molecule has 1 atom stereocenters. The van der Waals surface area contributed by atoms with Gasteiger partial charge in [0.15, 0.2) is 23.0 Å². The van der Waals surface area contributed by atoms with Gasteiger partial charge in [-0.15, -0.1) is 0 Å². The van der Waals surface area contributed by atoms with E-state index in [0.29, 0.717) is 46.7 Å². The highest BCUT2D eigenvalue weighted by Gasteiger charge is 2.25. The van der Waals surface area contributed by atoms with Crippen molar-refractivity contribution in [2.45, 2.75) is 46.8 Å². The van der Waals surface area contributed by atoms with Crippen molar-refractivity contribution in [3.05, 3.63) is 30.2 Å². The van der Waals surface area contributed by atoms with E-state index in [1.165, 1.54) is 0 Å². The minimum absolute atomic E-state index is 0.0218. The monoisotopic (exact) mass is 428 g/mol. The number of aliphatic hydroxyl groups excluding tert-OH is 1. The Kier molecular flexibility index (Phi) is 5.30. The van der Waals surface area contributed by atoms with Crippen LogP contribution in [0.25, 0.3) is 22.2 Å². The zero-order valence-corrected chi connectivity index (χ0v) is 17.9. The lowest BCUT2D eigenvalue weighted by atomic mass is 9.96. The van der Waals surface area contributed by atoms with Crippen LogP contribution in [0, 0.1) is 11.2 Å². The van der Waals surface area contributed by atoms with Gasteiger partial charge in [-0.1, -0.05) is 20.8 Å². The summed E-state index contributed by atoms with van der Waals surface area (Å²) >= 11 is 0. The van der Waals surface area contributed by atoms with E-state index in [4.69, 9.17) is 9.47 Å². The van der Waals surface area contributed by atoms with Crippen LogP contribution in [0.3, 0.4) is 0 Å². The van der Waals surface area contributed by atoms with Gasteiger partial charge in [-0.05, 0) is 31.5 Å². The van der Waals surface area contributed by atoms with Crippen molar-refractivity contribution in [1.82, 2.24) is 14.8 Å². The third-order valence-corrected chi connectivity index (χ3v) is 5.05. The molecule has 1 amide bonds. The second-order valence-electron chi connectivity index (χ2n) is 8.67. The van der Waals surface area contributed by atoms with Gasteiger partial charge in [0.05, 0.1) is 11.5 Å². The van der Waals surface area contributed by atoms with Crippen LogP contribution in [0.15, 0.2) is 24.4 Å². The van der Waals surface area contributed by atoms with E-state index < -0.39 is 17.3 Å². The van der Waals surface area contributed by atoms with Crippen LogP contribution < -0.4 is 14.8 Å². The van der Waals surface area contributed by atoms with Crippen molar-refractivity contribution in [2.75, 3.05) is 12.1 Å². The van der Waals surface area contributed by atoms with Crippen LogP contribution in [0.5, 0.6) is 11.5 Å². The number of hydrogen-bond acceptors (Lipinski definition) is 6. The molecule has 0 aliphatic carbocycles. The van der Waals surface area contributed by atoms with Crippen molar-refractivity contribution in [1.29, 1.82) is 0 Å². The van der Waals surface area contributed by atoms with Crippen LogP contribution in [0.4, 0.5) is 10.2 Å². The van der Waals surface area contributed by atoms with Crippen molar-refractivity contribution >= 4 is 22.8 Å².